The first-order valence-corrected chi connectivity index (χ1v) is 10.7. The standard InChI is InChI=1S/C22H29BN2O2/c1-22-9-3-5-16(6-4-10-22)23(22)11-13-25-15-19-17(20-24-12-14-27-20)7-2-8-18(19)21(25)26/h2,7-8,16H,3-6,9-15H2,1H3. The van der Waals surface area contributed by atoms with E-state index < -0.39 is 0 Å². The zero-order valence-corrected chi connectivity index (χ0v) is 16.4. The van der Waals surface area contributed by atoms with Crippen LogP contribution in [-0.4, -0.2) is 43.1 Å². The molecule has 1 amide bonds. The van der Waals surface area contributed by atoms with Crippen LogP contribution >= 0.6 is 0 Å². The number of rotatable bonds is 4. The fraction of sp³-hybridized carbons (Fsp3) is 0.636. The number of carbonyl (C=O) groups is 1. The van der Waals surface area contributed by atoms with Gasteiger partial charge in [0.15, 0.2) is 6.71 Å². The van der Waals surface area contributed by atoms with E-state index in [-0.39, 0.29) is 5.91 Å². The largest absolute Gasteiger partial charge is 0.476 e. The summed E-state index contributed by atoms with van der Waals surface area (Å²) in [5.74, 6) is 1.79. The SMILES string of the molecule is CC12CCCC(CCC1)B2CCN1Cc2c(cccc2C2=NCCO2)C1=O. The summed E-state index contributed by atoms with van der Waals surface area (Å²) in [6.45, 7) is 6.27. The van der Waals surface area contributed by atoms with Crippen LogP contribution in [0.3, 0.4) is 0 Å². The van der Waals surface area contributed by atoms with Crippen molar-refractivity contribution in [1.82, 2.24) is 4.90 Å². The Labute approximate surface area is 162 Å². The molecular formula is C22H29BN2O2. The summed E-state index contributed by atoms with van der Waals surface area (Å²) in [5.41, 5.74) is 2.97. The molecule has 5 heteroatoms. The Balaban J connectivity index is 1.32. The topological polar surface area (TPSA) is 41.9 Å². The minimum absolute atomic E-state index is 0.191. The van der Waals surface area contributed by atoms with Crippen molar-refractivity contribution < 1.29 is 9.53 Å². The Hall–Kier alpha value is -1.78. The van der Waals surface area contributed by atoms with Gasteiger partial charge in [0.1, 0.15) is 6.61 Å². The third kappa shape index (κ3) is 2.90. The molecule has 4 aliphatic rings. The van der Waals surface area contributed by atoms with Gasteiger partial charge in [0.2, 0.25) is 5.90 Å². The zero-order chi connectivity index (χ0) is 18.4. The smallest absolute Gasteiger partial charge is 0.254 e. The number of hydrogen-bond acceptors (Lipinski definition) is 3. The minimum atomic E-state index is 0.191. The van der Waals surface area contributed by atoms with Gasteiger partial charge in [0.05, 0.1) is 6.54 Å². The number of ether oxygens (including phenoxy) is 1. The van der Waals surface area contributed by atoms with Gasteiger partial charge in [-0.1, -0.05) is 69.0 Å². The number of nitrogens with zero attached hydrogens (tertiary/aromatic N) is 2. The lowest BCUT2D eigenvalue weighted by atomic mass is 9.20. The summed E-state index contributed by atoms with van der Waals surface area (Å²) in [6.07, 6.45) is 9.51. The maximum atomic E-state index is 13.0. The number of aliphatic imine (C=N–C) groups is 1. The first-order chi connectivity index (χ1) is 13.2. The van der Waals surface area contributed by atoms with Crippen LogP contribution in [0.1, 0.15) is 66.9 Å². The number of hydrogen-bond donors (Lipinski definition) is 0. The molecule has 0 unspecified atom stereocenters. The minimum Gasteiger partial charge on any atom is -0.476 e. The third-order valence-corrected chi connectivity index (χ3v) is 7.68. The molecule has 0 aliphatic carbocycles. The highest BCUT2D eigenvalue weighted by atomic mass is 16.5. The Bertz CT molecular complexity index is 781. The van der Waals surface area contributed by atoms with Crippen molar-refractivity contribution >= 4 is 18.5 Å². The van der Waals surface area contributed by atoms with Crippen LogP contribution in [0.15, 0.2) is 23.2 Å². The molecule has 0 radical (unpaired) electrons. The molecule has 1 aromatic rings. The summed E-state index contributed by atoms with van der Waals surface area (Å²) >= 11 is 0. The van der Waals surface area contributed by atoms with Gasteiger partial charge in [-0.05, 0) is 17.7 Å². The molecule has 142 valence electrons. The highest BCUT2D eigenvalue weighted by Gasteiger charge is 2.47. The molecule has 2 fully saturated rings. The second-order valence-electron chi connectivity index (χ2n) is 9.19. The van der Waals surface area contributed by atoms with Crippen LogP contribution in [0, 0.1) is 0 Å². The molecule has 0 spiro atoms. The second-order valence-corrected chi connectivity index (χ2v) is 9.19. The van der Waals surface area contributed by atoms with Crippen LogP contribution in [0.25, 0.3) is 0 Å². The molecule has 4 heterocycles. The molecule has 0 saturated carbocycles. The fourth-order valence-corrected chi connectivity index (χ4v) is 6.30. The van der Waals surface area contributed by atoms with E-state index in [1.54, 1.807) is 0 Å². The molecule has 1 aromatic carbocycles. The number of fused-ring (bicyclic) bond motifs is 3. The zero-order valence-electron chi connectivity index (χ0n) is 16.4. The van der Waals surface area contributed by atoms with E-state index in [2.05, 4.69) is 16.8 Å². The highest BCUT2D eigenvalue weighted by Crippen LogP contribution is 2.56. The molecule has 2 bridgehead atoms. The molecule has 4 nitrogen and oxygen atoms in total. The van der Waals surface area contributed by atoms with E-state index >= 15 is 0 Å². The molecule has 2 saturated heterocycles. The van der Waals surface area contributed by atoms with Crippen LogP contribution in [0.2, 0.25) is 17.5 Å². The lowest BCUT2D eigenvalue weighted by Gasteiger charge is -2.49. The van der Waals surface area contributed by atoms with Gasteiger partial charge in [-0.2, -0.15) is 0 Å². The molecule has 27 heavy (non-hydrogen) atoms. The van der Waals surface area contributed by atoms with Crippen LogP contribution in [0.5, 0.6) is 0 Å². The van der Waals surface area contributed by atoms with Crippen molar-refractivity contribution in [2.45, 2.75) is 69.4 Å². The summed E-state index contributed by atoms with van der Waals surface area (Å²) in [7, 11) is 0. The summed E-state index contributed by atoms with van der Waals surface area (Å²) in [5, 5.41) is 0.508. The van der Waals surface area contributed by atoms with Crippen molar-refractivity contribution in [3.63, 3.8) is 0 Å². The average molecular weight is 364 g/mol. The van der Waals surface area contributed by atoms with E-state index in [4.69, 9.17) is 4.74 Å². The molecule has 0 N–H and O–H groups in total. The molecule has 0 atom stereocenters. The lowest BCUT2D eigenvalue weighted by molar-refractivity contribution is 0.0786. The monoisotopic (exact) mass is 364 g/mol. The first-order valence-electron chi connectivity index (χ1n) is 10.7. The summed E-state index contributed by atoms with van der Waals surface area (Å²) in [4.78, 5) is 19.5. The predicted molar refractivity (Wildman–Crippen MR) is 109 cm³/mol. The van der Waals surface area contributed by atoms with E-state index in [9.17, 15) is 4.79 Å². The van der Waals surface area contributed by atoms with E-state index in [1.165, 1.54) is 38.5 Å². The van der Waals surface area contributed by atoms with Crippen molar-refractivity contribution in [1.29, 1.82) is 0 Å². The van der Waals surface area contributed by atoms with Crippen molar-refractivity contribution in [3.8, 4) is 0 Å². The molecular weight excluding hydrogens is 335 g/mol. The first kappa shape index (κ1) is 17.3. The Morgan fingerprint density at radius 1 is 1.26 bits per heavy atom. The quantitative estimate of drug-likeness (QED) is 0.743. The van der Waals surface area contributed by atoms with Crippen LogP contribution in [-0.2, 0) is 11.3 Å². The van der Waals surface area contributed by atoms with Gasteiger partial charge < -0.3 is 9.64 Å². The third-order valence-electron chi connectivity index (χ3n) is 7.68. The average Bonchev–Trinajstić information content (AvgIpc) is 3.29. The number of amides is 1. The maximum absolute atomic E-state index is 13.0. The normalized spacial score (nSPS) is 29.6. The summed E-state index contributed by atoms with van der Waals surface area (Å²) in [6, 6.07) is 5.98. The van der Waals surface area contributed by atoms with E-state index in [1.807, 2.05) is 18.2 Å². The molecule has 5 rings (SSSR count). The molecule has 0 aromatic heterocycles. The summed E-state index contributed by atoms with van der Waals surface area (Å²) < 4.78 is 5.67. The van der Waals surface area contributed by atoms with Gasteiger partial charge in [-0.25, -0.2) is 4.99 Å². The van der Waals surface area contributed by atoms with Gasteiger partial charge in [-0.3, -0.25) is 4.79 Å². The highest BCUT2D eigenvalue weighted by molar-refractivity contribution is 6.64. The van der Waals surface area contributed by atoms with Gasteiger partial charge in [-0.15, -0.1) is 0 Å². The number of carbonyl (C=O) groups excluding carboxylic acids is 1. The van der Waals surface area contributed by atoms with Crippen molar-refractivity contribution in [2.75, 3.05) is 19.7 Å². The lowest BCUT2D eigenvalue weighted by Crippen LogP contribution is -2.43. The Morgan fingerprint density at radius 3 is 2.74 bits per heavy atom. The van der Waals surface area contributed by atoms with Crippen LogP contribution < -0.4 is 0 Å². The maximum Gasteiger partial charge on any atom is 0.254 e. The van der Waals surface area contributed by atoms with Gasteiger partial charge >= 0.3 is 0 Å². The Morgan fingerprint density at radius 2 is 2.04 bits per heavy atom. The molecule has 4 aliphatic heterocycles. The predicted octanol–water partition coefficient (Wildman–Crippen LogP) is 4.41. The fourth-order valence-electron chi connectivity index (χ4n) is 6.30. The van der Waals surface area contributed by atoms with Gasteiger partial charge in [0, 0.05) is 24.2 Å². The van der Waals surface area contributed by atoms with E-state index in [0.29, 0.717) is 18.5 Å². The van der Waals surface area contributed by atoms with Crippen molar-refractivity contribution in [3.05, 3.63) is 34.9 Å². The number of benzene rings is 1. The van der Waals surface area contributed by atoms with Gasteiger partial charge in [0.25, 0.3) is 5.91 Å². The van der Waals surface area contributed by atoms with Crippen LogP contribution in [0.4, 0.5) is 0 Å². The van der Waals surface area contributed by atoms with Crippen molar-refractivity contribution in [2.24, 2.45) is 4.99 Å². The Kier molecular flexibility index (Phi) is 4.29. The second kappa shape index (κ2) is 6.68. The van der Waals surface area contributed by atoms with E-state index in [0.717, 1.165) is 54.5 Å².